The van der Waals surface area contributed by atoms with Crippen LogP contribution in [0.15, 0.2) is 0 Å². The van der Waals surface area contributed by atoms with Crippen LogP contribution < -0.4 is 0 Å². The predicted octanol–water partition coefficient (Wildman–Crippen LogP) is 0.437. The van der Waals surface area contributed by atoms with Crippen molar-refractivity contribution in [3.05, 3.63) is 0 Å². The van der Waals surface area contributed by atoms with Crippen LogP contribution in [0.1, 0.15) is 20.3 Å². The minimum Gasteiger partial charge on any atom is -0.466 e. The highest BCUT2D eigenvalue weighted by atomic mass is 31.2. The van der Waals surface area contributed by atoms with Gasteiger partial charge in [-0.2, -0.15) is 0 Å². The minimum atomic E-state index is -4.50. The SMILES string of the molecule is CCOC(=O)CC(C)OP(=O)(O)O. The van der Waals surface area contributed by atoms with E-state index in [0.29, 0.717) is 0 Å². The van der Waals surface area contributed by atoms with Gasteiger partial charge in [0, 0.05) is 0 Å². The fourth-order valence-electron chi connectivity index (χ4n) is 0.726. The molecule has 0 radical (unpaired) electrons. The third-order valence-electron chi connectivity index (χ3n) is 1.08. The van der Waals surface area contributed by atoms with E-state index < -0.39 is 19.9 Å². The molecule has 1 unspecified atom stereocenters. The lowest BCUT2D eigenvalue weighted by atomic mass is 10.3. The number of rotatable bonds is 5. The molecule has 0 aromatic carbocycles. The van der Waals surface area contributed by atoms with Crippen molar-refractivity contribution in [2.24, 2.45) is 0 Å². The lowest BCUT2D eigenvalue weighted by molar-refractivity contribution is -0.144. The van der Waals surface area contributed by atoms with Crippen molar-refractivity contribution in [1.82, 2.24) is 0 Å². The molecule has 0 amide bonds. The van der Waals surface area contributed by atoms with Gasteiger partial charge in [-0.25, -0.2) is 4.57 Å². The van der Waals surface area contributed by atoms with Gasteiger partial charge < -0.3 is 14.5 Å². The van der Waals surface area contributed by atoms with E-state index in [0.717, 1.165) is 0 Å². The van der Waals surface area contributed by atoms with Gasteiger partial charge in [0.2, 0.25) is 0 Å². The van der Waals surface area contributed by atoms with Gasteiger partial charge in [-0.3, -0.25) is 9.32 Å². The summed E-state index contributed by atoms with van der Waals surface area (Å²) in [4.78, 5) is 27.5. The molecule has 1 atom stereocenters. The summed E-state index contributed by atoms with van der Waals surface area (Å²) in [5.74, 6) is -0.538. The molecule has 6 nitrogen and oxygen atoms in total. The van der Waals surface area contributed by atoms with E-state index in [-0.39, 0.29) is 13.0 Å². The highest BCUT2D eigenvalue weighted by molar-refractivity contribution is 7.46. The summed E-state index contributed by atoms with van der Waals surface area (Å²) in [5, 5.41) is 0. The van der Waals surface area contributed by atoms with Gasteiger partial charge in [-0.05, 0) is 13.8 Å². The number of esters is 1. The normalized spacial score (nSPS) is 13.8. The van der Waals surface area contributed by atoms with Crippen molar-refractivity contribution in [2.45, 2.75) is 26.4 Å². The van der Waals surface area contributed by atoms with E-state index in [1.807, 2.05) is 0 Å². The van der Waals surface area contributed by atoms with Crippen molar-refractivity contribution in [3.63, 3.8) is 0 Å². The lowest BCUT2D eigenvalue weighted by Gasteiger charge is -2.12. The zero-order valence-corrected chi connectivity index (χ0v) is 8.36. The molecular formula is C6H13O6P. The molecule has 0 heterocycles. The molecule has 0 aromatic rings. The van der Waals surface area contributed by atoms with Gasteiger partial charge in [0.1, 0.15) is 0 Å². The lowest BCUT2D eigenvalue weighted by Crippen LogP contribution is -2.15. The zero-order chi connectivity index (χ0) is 10.5. The Morgan fingerprint density at radius 2 is 2.08 bits per heavy atom. The fourth-order valence-corrected chi connectivity index (χ4v) is 1.27. The monoisotopic (exact) mass is 212 g/mol. The Kier molecular flexibility index (Phi) is 5.17. The maximum atomic E-state index is 10.8. The summed E-state index contributed by atoms with van der Waals surface area (Å²) in [6, 6.07) is 0. The number of hydrogen-bond donors (Lipinski definition) is 2. The van der Waals surface area contributed by atoms with Gasteiger partial charge in [-0.1, -0.05) is 0 Å². The molecule has 0 saturated carbocycles. The van der Waals surface area contributed by atoms with E-state index in [1.165, 1.54) is 6.92 Å². The van der Waals surface area contributed by atoms with E-state index in [9.17, 15) is 9.36 Å². The van der Waals surface area contributed by atoms with Crippen LogP contribution in [0.25, 0.3) is 0 Å². The van der Waals surface area contributed by atoms with Crippen LogP contribution in [0, 0.1) is 0 Å². The van der Waals surface area contributed by atoms with Crippen molar-refractivity contribution >= 4 is 13.8 Å². The summed E-state index contributed by atoms with van der Waals surface area (Å²) in [7, 11) is -4.50. The fraction of sp³-hybridized carbons (Fsp3) is 0.833. The van der Waals surface area contributed by atoms with Crippen LogP contribution in [0.5, 0.6) is 0 Å². The molecule has 0 aromatic heterocycles. The number of carbonyl (C=O) groups excluding carboxylic acids is 1. The van der Waals surface area contributed by atoms with Crippen LogP contribution in [0.4, 0.5) is 0 Å². The van der Waals surface area contributed by atoms with E-state index >= 15 is 0 Å². The highest BCUT2D eigenvalue weighted by Crippen LogP contribution is 2.38. The first-order valence-electron chi connectivity index (χ1n) is 3.74. The topological polar surface area (TPSA) is 93.1 Å². The summed E-state index contributed by atoms with van der Waals surface area (Å²) in [5.41, 5.74) is 0. The standard InChI is InChI=1S/C6H13O6P/c1-3-11-6(7)4-5(2)12-13(8,9)10/h5H,3-4H2,1-2H3,(H2,8,9,10). The van der Waals surface area contributed by atoms with Gasteiger partial charge >= 0.3 is 13.8 Å². The second-order valence-electron chi connectivity index (χ2n) is 2.42. The Balaban J connectivity index is 3.81. The summed E-state index contributed by atoms with van der Waals surface area (Å²) >= 11 is 0. The Morgan fingerprint density at radius 1 is 1.54 bits per heavy atom. The van der Waals surface area contributed by atoms with Gasteiger partial charge in [-0.15, -0.1) is 0 Å². The van der Waals surface area contributed by atoms with E-state index in [4.69, 9.17) is 9.79 Å². The molecular weight excluding hydrogens is 199 g/mol. The molecule has 7 heteroatoms. The molecule has 0 aliphatic rings. The molecule has 0 aliphatic carbocycles. The number of carbonyl (C=O) groups is 1. The number of hydrogen-bond acceptors (Lipinski definition) is 4. The largest absolute Gasteiger partial charge is 0.469 e. The zero-order valence-electron chi connectivity index (χ0n) is 7.47. The maximum absolute atomic E-state index is 10.8. The van der Waals surface area contributed by atoms with Crippen LogP contribution in [-0.4, -0.2) is 28.5 Å². The molecule has 13 heavy (non-hydrogen) atoms. The van der Waals surface area contributed by atoms with Crippen LogP contribution >= 0.6 is 7.82 Å². The Morgan fingerprint density at radius 3 is 2.46 bits per heavy atom. The molecule has 0 aliphatic heterocycles. The van der Waals surface area contributed by atoms with Gasteiger partial charge in [0.25, 0.3) is 0 Å². The summed E-state index contributed by atoms with van der Waals surface area (Å²) < 4.78 is 19.1. The third-order valence-corrected chi connectivity index (χ3v) is 1.71. The Bertz CT molecular complexity index is 209. The van der Waals surface area contributed by atoms with Gasteiger partial charge in [0.05, 0.1) is 19.1 Å². The first-order chi connectivity index (χ1) is 5.85. The van der Waals surface area contributed by atoms with Gasteiger partial charge in [0.15, 0.2) is 0 Å². The molecule has 0 fully saturated rings. The number of phosphoric ester groups is 1. The quantitative estimate of drug-likeness (QED) is 0.507. The van der Waals surface area contributed by atoms with Crippen LogP contribution in [-0.2, 0) is 18.6 Å². The second kappa shape index (κ2) is 5.34. The second-order valence-corrected chi connectivity index (χ2v) is 3.61. The molecule has 0 saturated heterocycles. The van der Waals surface area contributed by atoms with E-state index in [2.05, 4.69) is 9.26 Å². The van der Waals surface area contributed by atoms with Crippen molar-refractivity contribution in [1.29, 1.82) is 0 Å². The summed E-state index contributed by atoms with van der Waals surface area (Å²) in [6.07, 6.45) is -1.02. The summed E-state index contributed by atoms with van der Waals surface area (Å²) in [6.45, 7) is 3.27. The van der Waals surface area contributed by atoms with Crippen LogP contribution in [0.2, 0.25) is 0 Å². The molecule has 2 N–H and O–H groups in total. The maximum Gasteiger partial charge on any atom is 0.469 e. The number of phosphoric acid groups is 1. The third kappa shape index (κ3) is 7.93. The average Bonchev–Trinajstić information content (AvgIpc) is 1.81. The first kappa shape index (κ1) is 12.6. The smallest absolute Gasteiger partial charge is 0.466 e. The molecule has 0 bridgehead atoms. The molecule has 78 valence electrons. The average molecular weight is 212 g/mol. The Labute approximate surface area is 76.1 Å². The van der Waals surface area contributed by atoms with Crippen molar-refractivity contribution in [3.8, 4) is 0 Å². The van der Waals surface area contributed by atoms with E-state index in [1.54, 1.807) is 6.92 Å². The number of ether oxygens (including phenoxy) is 1. The predicted molar refractivity (Wildman–Crippen MR) is 43.8 cm³/mol. The van der Waals surface area contributed by atoms with Crippen LogP contribution in [0.3, 0.4) is 0 Å². The van der Waals surface area contributed by atoms with Crippen molar-refractivity contribution < 1.29 is 28.4 Å². The van der Waals surface area contributed by atoms with Crippen molar-refractivity contribution in [2.75, 3.05) is 6.61 Å². The molecule has 0 spiro atoms. The first-order valence-corrected chi connectivity index (χ1v) is 5.27. The Hall–Kier alpha value is -0.420. The minimum absolute atomic E-state index is 0.168. The highest BCUT2D eigenvalue weighted by Gasteiger charge is 2.21. The molecule has 0 rings (SSSR count).